The Bertz CT molecular complexity index is 450. The summed E-state index contributed by atoms with van der Waals surface area (Å²) in [4.78, 5) is 25.1. The summed E-state index contributed by atoms with van der Waals surface area (Å²) in [5, 5.41) is 7.45. The molecule has 0 radical (unpaired) electrons. The summed E-state index contributed by atoms with van der Waals surface area (Å²) in [6, 6.07) is 0. The number of hydrogen-bond donors (Lipinski definition) is 0. The molecule has 0 aliphatic carbocycles. The molecule has 19 heavy (non-hydrogen) atoms. The van der Waals surface area contributed by atoms with E-state index in [0.29, 0.717) is 6.54 Å². The normalized spacial score (nSPS) is 10.6. The molecule has 0 saturated carbocycles. The van der Waals surface area contributed by atoms with Crippen molar-refractivity contribution in [2.45, 2.75) is 20.8 Å². The molecule has 106 valence electrons. The molecule has 0 saturated heterocycles. The molecular weight excluding hydrogens is 290 g/mol. The van der Waals surface area contributed by atoms with Crippen LogP contribution in [0.3, 0.4) is 0 Å². The van der Waals surface area contributed by atoms with Gasteiger partial charge >= 0.3 is 5.97 Å². The van der Waals surface area contributed by atoms with Gasteiger partial charge in [-0.15, -0.1) is 10.2 Å². The summed E-state index contributed by atoms with van der Waals surface area (Å²) >= 11 is 6.64. The van der Waals surface area contributed by atoms with Gasteiger partial charge in [0, 0.05) is 6.54 Å². The molecule has 1 aromatic heterocycles. The number of esters is 1. The van der Waals surface area contributed by atoms with Crippen molar-refractivity contribution < 1.29 is 14.3 Å². The highest BCUT2D eigenvalue weighted by Gasteiger charge is 2.23. The number of amides is 1. The van der Waals surface area contributed by atoms with Gasteiger partial charge in [0.1, 0.15) is 6.54 Å². The zero-order valence-electron chi connectivity index (χ0n) is 11.1. The Morgan fingerprint density at radius 2 is 2.11 bits per heavy atom. The Balaban J connectivity index is 2.78. The molecule has 0 aliphatic heterocycles. The maximum atomic E-state index is 12.2. The van der Waals surface area contributed by atoms with Crippen molar-refractivity contribution >= 4 is 34.8 Å². The zero-order valence-corrected chi connectivity index (χ0v) is 12.6. The highest BCUT2D eigenvalue weighted by molar-refractivity contribution is 7.17. The third kappa shape index (κ3) is 5.12. The first kappa shape index (κ1) is 15.8. The van der Waals surface area contributed by atoms with Crippen LogP contribution in [0.2, 0.25) is 4.47 Å². The van der Waals surface area contributed by atoms with E-state index in [4.69, 9.17) is 16.3 Å². The van der Waals surface area contributed by atoms with Crippen molar-refractivity contribution in [2.24, 2.45) is 5.92 Å². The molecule has 0 unspecified atom stereocenters. The maximum absolute atomic E-state index is 12.2. The number of carbonyl (C=O) groups is 2. The van der Waals surface area contributed by atoms with Crippen LogP contribution in [0.15, 0.2) is 0 Å². The molecular formula is C11H16ClN3O3S. The van der Waals surface area contributed by atoms with E-state index in [1.165, 1.54) is 4.90 Å². The first-order valence-corrected chi connectivity index (χ1v) is 7.07. The van der Waals surface area contributed by atoms with Crippen LogP contribution in [0.4, 0.5) is 0 Å². The maximum Gasteiger partial charge on any atom is 0.325 e. The van der Waals surface area contributed by atoms with Crippen LogP contribution in [-0.4, -0.2) is 46.7 Å². The SMILES string of the molecule is CCOC(=O)CN(CC(C)C)C(=O)c1nnc(Cl)s1. The van der Waals surface area contributed by atoms with Crippen LogP contribution < -0.4 is 0 Å². The van der Waals surface area contributed by atoms with E-state index in [-0.39, 0.29) is 34.5 Å². The zero-order chi connectivity index (χ0) is 14.4. The highest BCUT2D eigenvalue weighted by atomic mass is 35.5. The predicted octanol–water partition coefficient (Wildman–Crippen LogP) is 1.85. The standard InChI is InChI=1S/C11H16ClN3O3S/c1-4-18-8(16)6-15(5-7(2)3)10(17)9-13-14-11(12)19-9/h7H,4-6H2,1-3H3. The molecule has 1 heterocycles. The van der Waals surface area contributed by atoms with E-state index in [1.54, 1.807) is 6.92 Å². The Labute approximate surface area is 120 Å². The number of ether oxygens (including phenoxy) is 1. The number of nitrogens with zero attached hydrogens (tertiary/aromatic N) is 3. The number of aromatic nitrogens is 2. The molecule has 1 rings (SSSR count). The Hall–Kier alpha value is -1.21. The molecule has 0 N–H and O–H groups in total. The van der Waals surface area contributed by atoms with Crippen molar-refractivity contribution in [1.29, 1.82) is 0 Å². The van der Waals surface area contributed by atoms with Crippen LogP contribution >= 0.6 is 22.9 Å². The average Bonchev–Trinajstić information content (AvgIpc) is 2.73. The van der Waals surface area contributed by atoms with Crippen LogP contribution in [0, 0.1) is 5.92 Å². The molecule has 0 spiro atoms. The molecule has 0 bridgehead atoms. The lowest BCUT2D eigenvalue weighted by Gasteiger charge is -2.22. The molecule has 8 heteroatoms. The summed E-state index contributed by atoms with van der Waals surface area (Å²) in [5.41, 5.74) is 0. The van der Waals surface area contributed by atoms with E-state index in [0.717, 1.165) is 11.3 Å². The average molecular weight is 306 g/mol. The molecule has 0 aliphatic rings. The third-order valence-corrected chi connectivity index (χ3v) is 3.09. The summed E-state index contributed by atoms with van der Waals surface area (Å²) < 4.78 is 5.05. The van der Waals surface area contributed by atoms with Gasteiger partial charge in [-0.25, -0.2) is 0 Å². The van der Waals surface area contributed by atoms with E-state index in [1.807, 2.05) is 13.8 Å². The van der Waals surface area contributed by atoms with Crippen LogP contribution in [0.1, 0.15) is 30.6 Å². The fourth-order valence-electron chi connectivity index (χ4n) is 1.45. The van der Waals surface area contributed by atoms with E-state index in [2.05, 4.69) is 10.2 Å². The Kier molecular flexibility index (Phi) is 6.17. The van der Waals surface area contributed by atoms with Crippen molar-refractivity contribution in [3.63, 3.8) is 0 Å². The van der Waals surface area contributed by atoms with Gasteiger partial charge in [0.15, 0.2) is 0 Å². The topological polar surface area (TPSA) is 72.4 Å². The van der Waals surface area contributed by atoms with Crippen LogP contribution in [0.25, 0.3) is 0 Å². The summed E-state index contributed by atoms with van der Waals surface area (Å²) in [6.07, 6.45) is 0. The molecule has 0 fully saturated rings. The minimum Gasteiger partial charge on any atom is -0.465 e. The molecule has 1 aromatic rings. The summed E-state index contributed by atoms with van der Waals surface area (Å²) in [7, 11) is 0. The predicted molar refractivity (Wildman–Crippen MR) is 72.3 cm³/mol. The van der Waals surface area contributed by atoms with Crippen LogP contribution in [0.5, 0.6) is 0 Å². The van der Waals surface area contributed by atoms with Crippen molar-refractivity contribution in [2.75, 3.05) is 19.7 Å². The lowest BCUT2D eigenvalue weighted by Crippen LogP contribution is -2.38. The van der Waals surface area contributed by atoms with Gasteiger partial charge in [-0.05, 0) is 24.4 Å². The third-order valence-electron chi connectivity index (χ3n) is 2.08. The Morgan fingerprint density at radius 3 is 2.58 bits per heavy atom. The number of hydrogen-bond acceptors (Lipinski definition) is 6. The smallest absolute Gasteiger partial charge is 0.325 e. The first-order chi connectivity index (χ1) is 8.93. The van der Waals surface area contributed by atoms with Gasteiger partial charge in [-0.2, -0.15) is 0 Å². The minimum atomic E-state index is -0.438. The Morgan fingerprint density at radius 1 is 1.42 bits per heavy atom. The van der Waals surface area contributed by atoms with Gasteiger partial charge in [0.2, 0.25) is 9.47 Å². The second-order valence-electron chi connectivity index (χ2n) is 4.24. The lowest BCUT2D eigenvalue weighted by atomic mass is 10.2. The molecule has 1 amide bonds. The number of rotatable bonds is 6. The van der Waals surface area contributed by atoms with Crippen LogP contribution in [-0.2, 0) is 9.53 Å². The minimum absolute atomic E-state index is 0.0952. The van der Waals surface area contributed by atoms with E-state index >= 15 is 0 Å². The highest BCUT2D eigenvalue weighted by Crippen LogP contribution is 2.17. The number of carbonyl (C=O) groups excluding carboxylic acids is 2. The van der Waals surface area contributed by atoms with E-state index in [9.17, 15) is 9.59 Å². The molecule has 6 nitrogen and oxygen atoms in total. The van der Waals surface area contributed by atoms with Crippen molar-refractivity contribution in [1.82, 2.24) is 15.1 Å². The second kappa shape index (κ2) is 7.40. The van der Waals surface area contributed by atoms with Gasteiger partial charge in [-0.3, -0.25) is 9.59 Å². The fourth-order valence-corrected chi connectivity index (χ4v) is 2.25. The van der Waals surface area contributed by atoms with Gasteiger partial charge in [0.05, 0.1) is 6.61 Å². The van der Waals surface area contributed by atoms with Crippen molar-refractivity contribution in [3.05, 3.63) is 9.47 Å². The van der Waals surface area contributed by atoms with Gasteiger partial charge in [0.25, 0.3) is 5.91 Å². The number of halogens is 1. The van der Waals surface area contributed by atoms with Gasteiger partial charge < -0.3 is 9.64 Å². The van der Waals surface area contributed by atoms with Crippen molar-refractivity contribution in [3.8, 4) is 0 Å². The quantitative estimate of drug-likeness (QED) is 0.750. The lowest BCUT2D eigenvalue weighted by molar-refractivity contribution is -0.143. The monoisotopic (exact) mass is 305 g/mol. The summed E-state index contributed by atoms with van der Waals surface area (Å²) in [6.45, 7) is 6.26. The first-order valence-electron chi connectivity index (χ1n) is 5.88. The molecule has 0 atom stereocenters. The van der Waals surface area contributed by atoms with Gasteiger partial charge in [-0.1, -0.05) is 25.2 Å². The summed E-state index contributed by atoms with van der Waals surface area (Å²) in [5.74, 6) is -0.569. The fraction of sp³-hybridized carbons (Fsp3) is 0.636. The molecule has 0 aromatic carbocycles. The largest absolute Gasteiger partial charge is 0.465 e. The van der Waals surface area contributed by atoms with E-state index < -0.39 is 5.97 Å². The second-order valence-corrected chi connectivity index (χ2v) is 5.80.